The van der Waals surface area contributed by atoms with Gasteiger partial charge in [-0.1, -0.05) is 24.3 Å². The molecule has 2 aromatic rings. The number of hydrogen-bond donors (Lipinski definition) is 1. The average Bonchev–Trinajstić information content (AvgIpc) is 2.80. The van der Waals surface area contributed by atoms with E-state index >= 15 is 0 Å². The zero-order valence-electron chi connectivity index (χ0n) is 13.4. The van der Waals surface area contributed by atoms with Gasteiger partial charge in [-0.15, -0.1) is 0 Å². The fraction of sp³-hybridized carbons (Fsp3) is 0.222. The summed E-state index contributed by atoms with van der Waals surface area (Å²) in [6.07, 6.45) is 0. The summed E-state index contributed by atoms with van der Waals surface area (Å²) in [5.74, 6) is -0.116. The molecular formula is C18H17FN2O3. The lowest BCUT2D eigenvalue weighted by molar-refractivity contribution is -0.131. The van der Waals surface area contributed by atoms with E-state index in [0.29, 0.717) is 11.3 Å². The van der Waals surface area contributed by atoms with Crippen molar-refractivity contribution in [3.05, 3.63) is 65.5 Å². The molecule has 3 rings (SSSR count). The molecule has 1 atom stereocenters. The molecule has 2 aromatic carbocycles. The van der Waals surface area contributed by atoms with E-state index in [0.717, 1.165) is 10.5 Å². The number of nitrogens with zero attached hydrogens (tertiary/aromatic N) is 1. The molecule has 24 heavy (non-hydrogen) atoms. The van der Waals surface area contributed by atoms with Crippen LogP contribution in [-0.4, -0.2) is 23.9 Å². The molecule has 1 saturated heterocycles. The molecule has 1 N–H and O–H groups in total. The fourth-order valence-electron chi connectivity index (χ4n) is 2.77. The van der Waals surface area contributed by atoms with Gasteiger partial charge in [0.2, 0.25) is 0 Å². The number of nitrogens with one attached hydrogen (secondary N) is 1. The van der Waals surface area contributed by atoms with E-state index in [4.69, 9.17) is 4.74 Å². The number of carbonyl (C=O) groups excluding carboxylic acids is 2. The number of halogens is 1. The first-order valence-corrected chi connectivity index (χ1v) is 7.47. The second-order valence-electron chi connectivity index (χ2n) is 5.80. The lowest BCUT2D eigenvalue weighted by Crippen LogP contribution is -2.40. The molecule has 0 saturated carbocycles. The number of ether oxygens (including phenoxy) is 1. The molecule has 1 aliphatic heterocycles. The first-order valence-electron chi connectivity index (χ1n) is 7.47. The van der Waals surface area contributed by atoms with Gasteiger partial charge in [-0.2, -0.15) is 0 Å². The number of carbonyl (C=O) groups is 2. The van der Waals surface area contributed by atoms with Gasteiger partial charge in [0.15, 0.2) is 0 Å². The van der Waals surface area contributed by atoms with Gasteiger partial charge in [-0.05, 0) is 42.3 Å². The molecule has 0 radical (unpaired) electrons. The van der Waals surface area contributed by atoms with Gasteiger partial charge in [0.1, 0.15) is 17.1 Å². The van der Waals surface area contributed by atoms with Crippen molar-refractivity contribution in [3.8, 4) is 5.75 Å². The Hall–Kier alpha value is -2.89. The highest BCUT2D eigenvalue weighted by molar-refractivity contribution is 6.07. The highest BCUT2D eigenvalue weighted by atomic mass is 19.1. The number of imide groups is 1. The Balaban J connectivity index is 1.87. The predicted molar refractivity (Wildman–Crippen MR) is 85.8 cm³/mol. The van der Waals surface area contributed by atoms with Crippen molar-refractivity contribution < 1.29 is 18.7 Å². The van der Waals surface area contributed by atoms with Crippen LogP contribution in [0.3, 0.4) is 0 Å². The molecule has 0 aliphatic carbocycles. The number of urea groups is 1. The van der Waals surface area contributed by atoms with Gasteiger partial charge in [0.25, 0.3) is 5.91 Å². The molecule has 0 bridgehead atoms. The minimum atomic E-state index is -1.20. The summed E-state index contributed by atoms with van der Waals surface area (Å²) in [4.78, 5) is 26.2. The van der Waals surface area contributed by atoms with E-state index in [9.17, 15) is 14.0 Å². The van der Waals surface area contributed by atoms with E-state index in [1.807, 2.05) is 6.07 Å². The molecule has 1 aliphatic rings. The second-order valence-corrected chi connectivity index (χ2v) is 5.80. The van der Waals surface area contributed by atoms with E-state index in [1.54, 1.807) is 32.2 Å². The zero-order valence-corrected chi connectivity index (χ0v) is 13.4. The van der Waals surface area contributed by atoms with Gasteiger partial charge in [-0.25, -0.2) is 9.18 Å². The van der Waals surface area contributed by atoms with Crippen LogP contribution in [0.2, 0.25) is 0 Å². The van der Waals surface area contributed by atoms with E-state index in [1.165, 1.54) is 24.3 Å². The number of benzene rings is 2. The molecule has 124 valence electrons. The van der Waals surface area contributed by atoms with Gasteiger partial charge < -0.3 is 10.1 Å². The van der Waals surface area contributed by atoms with Gasteiger partial charge in [0.05, 0.1) is 13.7 Å². The summed E-state index contributed by atoms with van der Waals surface area (Å²) >= 11 is 0. The highest BCUT2D eigenvalue weighted by Gasteiger charge is 2.48. The summed E-state index contributed by atoms with van der Waals surface area (Å²) in [7, 11) is 1.55. The van der Waals surface area contributed by atoms with Crippen LogP contribution in [0.15, 0.2) is 48.5 Å². The summed E-state index contributed by atoms with van der Waals surface area (Å²) in [5.41, 5.74) is 0.112. The Morgan fingerprint density at radius 3 is 2.54 bits per heavy atom. The van der Waals surface area contributed by atoms with Gasteiger partial charge in [-0.3, -0.25) is 9.69 Å². The van der Waals surface area contributed by atoms with Crippen LogP contribution in [-0.2, 0) is 16.9 Å². The SMILES string of the molecule is COc1cccc(CN2C(=O)NC(C)(c3ccc(F)cc3)C2=O)c1. The summed E-state index contributed by atoms with van der Waals surface area (Å²) in [6.45, 7) is 1.75. The molecule has 5 nitrogen and oxygen atoms in total. The number of amides is 3. The zero-order chi connectivity index (χ0) is 17.3. The second kappa shape index (κ2) is 5.96. The Labute approximate surface area is 139 Å². The molecule has 0 aromatic heterocycles. The molecule has 0 spiro atoms. The van der Waals surface area contributed by atoms with Crippen LogP contribution in [0.25, 0.3) is 0 Å². The van der Waals surface area contributed by atoms with Crippen LogP contribution in [0.5, 0.6) is 5.75 Å². The normalized spacial score (nSPS) is 20.2. The van der Waals surface area contributed by atoms with Crippen molar-refractivity contribution in [2.24, 2.45) is 0 Å². The predicted octanol–water partition coefficient (Wildman–Crippen LogP) is 2.80. The molecule has 1 unspecified atom stereocenters. The lowest BCUT2D eigenvalue weighted by atomic mass is 9.92. The van der Waals surface area contributed by atoms with Crippen LogP contribution < -0.4 is 10.1 Å². The minimum absolute atomic E-state index is 0.138. The minimum Gasteiger partial charge on any atom is -0.497 e. The maximum Gasteiger partial charge on any atom is 0.325 e. The number of hydrogen-bond acceptors (Lipinski definition) is 3. The van der Waals surface area contributed by atoms with Crippen molar-refractivity contribution in [2.45, 2.75) is 19.0 Å². The van der Waals surface area contributed by atoms with Crippen molar-refractivity contribution in [3.63, 3.8) is 0 Å². The summed E-state index contributed by atoms with van der Waals surface area (Å²) in [5, 5.41) is 2.70. The Morgan fingerprint density at radius 1 is 1.17 bits per heavy atom. The Bertz CT molecular complexity index is 791. The smallest absolute Gasteiger partial charge is 0.325 e. The first kappa shape index (κ1) is 16.0. The quantitative estimate of drug-likeness (QED) is 0.878. The Morgan fingerprint density at radius 2 is 1.88 bits per heavy atom. The van der Waals surface area contributed by atoms with E-state index < -0.39 is 17.4 Å². The first-order chi connectivity index (χ1) is 11.4. The molecule has 1 fully saturated rings. The van der Waals surface area contributed by atoms with Gasteiger partial charge >= 0.3 is 6.03 Å². The highest BCUT2D eigenvalue weighted by Crippen LogP contribution is 2.30. The average molecular weight is 328 g/mol. The summed E-state index contributed by atoms with van der Waals surface area (Å²) in [6, 6.07) is 12.2. The molecular weight excluding hydrogens is 311 g/mol. The van der Waals surface area contributed by atoms with Crippen LogP contribution in [0, 0.1) is 5.82 Å². The summed E-state index contributed by atoms with van der Waals surface area (Å²) < 4.78 is 18.3. The van der Waals surface area contributed by atoms with Crippen LogP contribution in [0.1, 0.15) is 18.1 Å². The molecule has 1 heterocycles. The third-order valence-electron chi connectivity index (χ3n) is 4.17. The largest absolute Gasteiger partial charge is 0.497 e. The maximum absolute atomic E-state index is 13.1. The monoisotopic (exact) mass is 328 g/mol. The molecule has 6 heteroatoms. The Kier molecular flexibility index (Phi) is 3.97. The van der Waals surface area contributed by atoms with Crippen molar-refractivity contribution in [1.82, 2.24) is 10.2 Å². The fourth-order valence-corrected chi connectivity index (χ4v) is 2.77. The van der Waals surface area contributed by atoms with E-state index in [-0.39, 0.29) is 12.5 Å². The maximum atomic E-state index is 13.1. The van der Waals surface area contributed by atoms with Crippen molar-refractivity contribution in [1.29, 1.82) is 0 Å². The van der Waals surface area contributed by atoms with E-state index in [2.05, 4.69) is 5.32 Å². The number of methoxy groups -OCH3 is 1. The standard InChI is InChI=1S/C18H17FN2O3/c1-18(13-6-8-14(19)9-7-13)16(22)21(17(23)20-18)11-12-4-3-5-15(10-12)24-2/h3-10H,11H2,1-2H3,(H,20,23). The van der Waals surface area contributed by atoms with Crippen LogP contribution >= 0.6 is 0 Å². The third-order valence-corrected chi connectivity index (χ3v) is 4.17. The van der Waals surface area contributed by atoms with Crippen molar-refractivity contribution >= 4 is 11.9 Å². The van der Waals surface area contributed by atoms with Gasteiger partial charge in [0, 0.05) is 0 Å². The lowest BCUT2D eigenvalue weighted by Gasteiger charge is -2.22. The number of rotatable bonds is 4. The van der Waals surface area contributed by atoms with Crippen LogP contribution in [0.4, 0.5) is 9.18 Å². The van der Waals surface area contributed by atoms with Crippen molar-refractivity contribution in [2.75, 3.05) is 7.11 Å². The third kappa shape index (κ3) is 2.71. The molecule has 3 amide bonds. The topological polar surface area (TPSA) is 58.6 Å².